The standard InChI is InChI=1S/C27H28BrCl2N3O4S/c1-3-15-31-27(35)19(2)32(17-20-9-11-21(28)12-10-20)26(34)18-33(22-13-14-24(29)25(30)16-22)38(36,37)23-7-5-4-6-8-23/h4-14,16,19H,3,15,17-18H2,1-2H3,(H,31,35)/t19-/m0/s1. The molecule has 0 aliphatic carbocycles. The Morgan fingerprint density at radius 2 is 1.63 bits per heavy atom. The van der Waals surface area contributed by atoms with Gasteiger partial charge in [0.25, 0.3) is 10.0 Å². The number of amides is 2. The number of hydrogen-bond donors (Lipinski definition) is 1. The zero-order chi connectivity index (χ0) is 27.9. The zero-order valence-corrected chi connectivity index (χ0v) is 24.8. The van der Waals surface area contributed by atoms with Gasteiger partial charge in [-0.3, -0.25) is 13.9 Å². The Bertz CT molecular complexity index is 1370. The lowest BCUT2D eigenvalue weighted by Gasteiger charge is -2.32. The molecule has 11 heteroatoms. The first kappa shape index (κ1) is 30.0. The lowest BCUT2D eigenvalue weighted by molar-refractivity contribution is -0.139. The maximum Gasteiger partial charge on any atom is 0.264 e. The molecule has 3 rings (SSSR count). The van der Waals surface area contributed by atoms with Gasteiger partial charge in [-0.05, 0) is 61.4 Å². The van der Waals surface area contributed by atoms with Crippen molar-refractivity contribution in [2.24, 2.45) is 0 Å². The first-order chi connectivity index (χ1) is 18.0. The molecule has 7 nitrogen and oxygen atoms in total. The third-order valence-electron chi connectivity index (χ3n) is 5.78. The van der Waals surface area contributed by atoms with Crippen molar-refractivity contribution in [3.63, 3.8) is 0 Å². The van der Waals surface area contributed by atoms with Crippen molar-refractivity contribution in [2.45, 2.75) is 37.8 Å². The summed E-state index contributed by atoms with van der Waals surface area (Å²) in [5.41, 5.74) is 0.951. The average molecular weight is 641 g/mol. The van der Waals surface area contributed by atoms with Crippen molar-refractivity contribution >= 4 is 66.7 Å². The van der Waals surface area contributed by atoms with Crippen LogP contribution in [-0.4, -0.2) is 44.3 Å². The number of nitrogens with zero attached hydrogens (tertiary/aromatic N) is 2. The van der Waals surface area contributed by atoms with Gasteiger partial charge in [-0.2, -0.15) is 0 Å². The van der Waals surface area contributed by atoms with Gasteiger partial charge in [-0.1, -0.05) is 76.4 Å². The predicted molar refractivity (Wildman–Crippen MR) is 155 cm³/mol. The second-order valence-electron chi connectivity index (χ2n) is 8.54. The van der Waals surface area contributed by atoms with E-state index in [1.165, 1.54) is 35.2 Å². The van der Waals surface area contributed by atoms with Crippen LogP contribution in [0.1, 0.15) is 25.8 Å². The number of benzene rings is 3. The quantitative estimate of drug-likeness (QED) is 0.283. The summed E-state index contributed by atoms with van der Waals surface area (Å²) >= 11 is 15.7. The number of nitrogens with one attached hydrogen (secondary N) is 1. The van der Waals surface area contributed by atoms with E-state index < -0.39 is 28.5 Å². The Balaban J connectivity index is 2.02. The SMILES string of the molecule is CCCNC(=O)[C@H](C)N(Cc1ccc(Br)cc1)C(=O)CN(c1ccc(Cl)c(Cl)c1)S(=O)(=O)c1ccccc1. The molecule has 0 unspecified atom stereocenters. The van der Waals surface area contributed by atoms with E-state index >= 15 is 0 Å². The molecule has 0 spiro atoms. The van der Waals surface area contributed by atoms with Crippen LogP contribution in [0.5, 0.6) is 0 Å². The molecule has 1 N–H and O–H groups in total. The van der Waals surface area contributed by atoms with Crippen LogP contribution in [0, 0.1) is 0 Å². The Kier molecular flexibility index (Phi) is 10.6. The number of sulfonamides is 1. The summed E-state index contributed by atoms with van der Waals surface area (Å²) in [7, 11) is -4.17. The molecule has 0 heterocycles. The Morgan fingerprint density at radius 1 is 0.974 bits per heavy atom. The van der Waals surface area contributed by atoms with Crippen molar-refractivity contribution in [2.75, 3.05) is 17.4 Å². The smallest absolute Gasteiger partial charge is 0.264 e. The third kappa shape index (κ3) is 7.50. The van der Waals surface area contributed by atoms with Crippen LogP contribution in [0.15, 0.2) is 82.2 Å². The number of rotatable bonds is 11. The molecule has 2 amide bonds. The molecule has 0 saturated carbocycles. The van der Waals surface area contributed by atoms with Crippen LogP contribution in [0.25, 0.3) is 0 Å². The number of carbonyl (C=O) groups excluding carboxylic acids is 2. The fourth-order valence-electron chi connectivity index (χ4n) is 3.65. The van der Waals surface area contributed by atoms with E-state index in [0.717, 1.165) is 20.8 Å². The van der Waals surface area contributed by atoms with E-state index in [2.05, 4.69) is 21.2 Å². The maximum atomic E-state index is 13.8. The maximum absolute atomic E-state index is 13.8. The Hall–Kier alpha value is -2.59. The monoisotopic (exact) mass is 639 g/mol. The summed E-state index contributed by atoms with van der Waals surface area (Å²) in [6.45, 7) is 3.56. The van der Waals surface area contributed by atoms with Gasteiger partial charge in [0, 0.05) is 17.6 Å². The van der Waals surface area contributed by atoms with Crippen LogP contribution < -0.4 is 9.62 Å². The molecule has 0 aliphatic heterocycles. The van der Waals surface area contributed by atoms with Crippen LogP contribution in [0.2, 0.25) is 10.0 Å². The zero-order valence-electron chi connectivity index (χ0n) is 20.9. The minimum atomic E-state index is -4.17. The molecule has 0 aromatic heterocycles. The summed E-state index contributed by atoms with van der Waals surface area (Å²) < 4.78 is 29.3. The number of hydrogen-bond acceptors (Lipinski definition) is 4. The van der Waals surface area contributed by atoms with Gasteiger partial charge in [0.1, 0.15) is 12.6 Å². The van der Waals surface area contributed by atoms with Crippen molar-refractivity contribution in [3.05, 3.63) is 92.9 Å². The van der Waals surface area contributed by atoms with Crippen molar-refractivity contribution in [1.82, 2.24) is 10.2 Å². The number of halogens is 3. The largest absolute Gasteiger partial charge is 0.354 e. The molecular formula is C27H28BrCl2N3O4S. The minimum absolute atomic E-state index is 0.00655. The van der Waals surface area contributed by atoms with Gasteiger partial charge in [0.2, 0.25) is 11.8 Å². The molecule has 3 aromatic carbocycles. The lowest BCUT2D eigenvalue weighted by atomic mass is 10.1. The van der Waals surface area contributed by atoms with Gasteiger partial charge >= 0.3 is 0 Å². The van der Waals surface area contributed by atoms with Gasteiger partial charge in [0.15, 0.2) is 0 Å². The predicted octanol–water partition coefficient (Wildman–Crippen LogP) is 5.89. The number of carbonyl (C=O) groups is 2. The van der Waals surface area contributed by atoms with E-state index in [0.29, 0.717) is 6.54 Å². The highest BCUT2D eigenvalue weighted by molar-refractivity contribution is 9.10. The fraction of sp³-hybridized carbons (Fsp3) is 0.259. The first-order valence-electron chi connectivity index (χ1n) is 11.9. The van der Waals surface area contributed by atoms with E-state index in [-0.39, 0.29) is 33.1 Å². The van der Waals surface area contributed by atoms with Crippen molar-refractivity contribution in [1.29, 1.82) is 0 Å². The molecule has 1 atom stereocenters. The van der Waals surface area contributed by atoms with Crippen molar-refractivity contribution < 1.29 is 18.0 Å². The molecule has 202 valence electrons. The molecular weight excluding hydrogens is 613 g/mol. The topological polar surface area (TPSA) is 86.8 Å². The van der Waals surface area contributed by atoms with Gasteiger partial charge in [-0.25, -0.2) is 8.42 Å². The molecule has 3 aromatic rings. The lowest BCUT2D eigenvalue weighted by Crippen LogP contribution is -2.51. The van der Waals surface area contributed by atoms with Crippen LogP contribution in [0.3, 0.4) is 0 Å². The van der Waals surface area contributed by atoms with Crippen LogP contribution >= 0.6 is 39.1 Å². The second kappa shape index (κ2) is 13.5. The first-order valence-corrected chi connectivity index (χ1v) is 14.9. The van der Waals surface area contributed by atoms with Crippen LogP contribution in [-0.2, 0) is 26.2 Å². The van der Waals surface area contributed by atoms with Gasteiger partial charge in [-0.15, -0.1) is 0 Å². The molecule has 38 heavy (non-hydrogen) atoms. The fourth-order valence-corrected chi connectivity index (χ4v) is 5.64. The molecule has 0 radical (unpaired) electrons. The normalized spacial score (nSPS) is 12.0. The van der Waals surface area contributed by atoms with Gasteiger partial charge in [0.05, 0.1) is 20.6 Å². The molecule has 0 aliphatic rings. The molecule has 0 bridgehead atoms. The van der Waals surface area contributed by atoms with Crippen LogP contribution in [0.4, 0.5) is 5.69 Å². The highest BCUT2D eigenvalue weighted by Gasteiger charge is 2.32. The number of anilines is 1. The minimum Gasteiger partial charge on any atom is -0.354 e. The molecule has 0 saturated heterocycles. The van der Waals surface area contributed by atoms with E-state index in [9.17, 15) is 18.0 Å². The molecule has 0 fully saturated rings. The Morgan fingerprint density at radius 3 is 2.24 bits per heavy atom. The summed E-state index contributed by atoms with van der Waals surface area (Å²) in [4.78, 5) is 28.1. The average Bonchev–Trinajstić information content (AvgIpc) is 2.91. The second-order valence-corrected chi connectivity index (χ2v) is 12.1. The highest BCUT2D eigenvalue weighted by Crippen LogP contribution is 2.31. The van der Waals surface area contributed by atoms with E-state index in [1.807, 2.05) is 31.2 Å². The summed E-state index contributed by atoms with van der Waals surface area (Å²) in [6, 6.07) is 18.6. The van der Waals surface area contributed by atoms with E-state index in [1.54, 1.807) is 25.1 Å². The summed E-state index contributed by atoms with van der Waals surface area (Å²) in [5.74, 6) is -0.887. The summed E-state index contributed by atoms with van der Waals surface area (Å²) in [5, 5.41) is 3.20. The third-order valence-corrected chi connectivity index (χ3v) is 8.84. The van der Waals surface area contributed by atoms with Crippen molar-refractivity contribution in [3.8, 4) is 0 Å². The Labute approximate surface area is 241 Å². The highest BCUT2D eigenvalue weighted by atomic mass is 79.9. The summed E-state index contributed by atoms with van der Waals surface area (Å²) in [6.07, 6.45) is 0.736. The van der Waals surface area contributed by atoms with Gasteiger partial charge < -0.3 is 10.2 Å². The van der Waals surface area contributed by atoms with E-state index in [4.69, 9.17) is 23.2 Å².